The van der Waals surface area contributed by atoms with Crippen LogP contribution in [0.1, 0.15) is 37.9 Å². The van der Waals surface area contributed by atoms with E-state index < -0.39 is 35.6 Å². The molecule has 0 aromatic heterocycles. The van der Waals surface area contributed by atoms with Crippen molar-refractivity contribution in [3.63, 3.8) is 0 Å². The molecule has 0 saturated carbocycles. The van der Waals surface area contributed by atoms with Crippen LogP contribution in [-0.4, -0.2) is 51.9 Å². The highest BCUT2D eigenvalue weighted by Crippen LogP contribution is 2.30. The van der Waals surface area contributed by atoms with Crippen molar-refractivity contribution in [3.05, 3.63) is 71.3 Å². The number of carbonyl (C=O) groups excluding carboxylic acids is 3. The third-order valence-electron chi connectivity index (χ3n) is 5.02. The van der Waals surface area contributed by atoms with Crippen molar-refractivity contribution in [1.82, 2.24) is 10.2 Å². The molecule has 0 radical (unpaired) electrons. The molecular formula is C26H32ClN3O5S. The lowest BCUT2D eigenvalue weighted by molar-refractivity contribution is -0.139. The van der Waals surface area contributed by atoms with Crippen LogP contribution in [0.15, 0.2) is 55.1 Å². The molecule has 8 nitrogen and oxygen atoms in total. The number of thiol groups is 1. The molecule has 36 heavy (non-hydrogen) atoms. The first-order chi connectivity index (χ1) is 16.9. The lowest BCUT2D eigenvalue weighted by Gasteiger charge is -2.33. The molecule has 0 bridgehead atoms. The van der Waals surface area contributed by atoms with E-state index in [2.05, 4.69) is 29.8 Å². The second-order valence-corrected chi connectivity index (χ2v) is 9.85. The van der Waals surface area contributed by atoms with E-state index >= 15 is 0 Å². The molecule has 2 aromatic rings. The third-order valence-corrected chi connectivity index (χ3v) is 5.70. The van der Waals surface area contributed by atoms with Gasteiger partial charge in [-0.15, -0.1) is 6.58 Å². The number of aryl methyl sites for hydroxylation is 1. The summed E-state index contributed by atoms with van der Waals surface area (Å²) in [6.45, 7) is 10.6. The lowest BCUT2D eigenvalue weighted by Crippen LogP contribution is -2.53. The van der Waals surface area contributed by atoms with Gasteiger partial charge in [-0.25, -0.2) is 4.79 Å². The van der Waals surface area contributed by atoms with Gasteiger partial charge in [-0.3, -0.25) is 9.59 Å². The number of benzene rings is 2. The fourth-order valence-electron chi connectivity index (χ4n) is 3.41. The second-order valence-electron chi connectivity index (χ2n) is 9.08. The minimum atomic E-state index is -1.14. The summed E-state index contributed by atoms with van der Waals surface area (Å²) in [5, 5.41) is 15.5. The minimum absolute atomic E-state index is 0.00119. The Bertz CT molecular complexity index is 1080. The van der Waals surface area contributed by atoms with Gasteiger partial charge >= 0.3 is 6.09 Å². The minimum Gasteiger partial charge on any atom is -0.508 e. The standard InChI is InChI=1S/C26H32ClN3O5S/c1-6-14-30(24(33)20(15-36)28-25(34)35-26(3,4)5)22(17-10-12-18(31)13-11-17)23(32)29-21-16(2)8-7-9-19(21)27/h6-13,20,22,31,36H,1,14-15H2,2-5H3,(H,28,34)(H,29,32). The molecule has 0 saturated heterocycles. The Kier molecular flexibility index (Phi) is 10.2. The van der Waals surface area contributed by atoms with Crippen LogP contribution in [-0.2, 0) is 14.3 Å². The molecule has 194 valence electrons. The summed E-state index contributed by atoms with van der Waals surface area (Å²) >= 11 is 10.6. The topological polar surface area (TPSA) is 108 Å². The smallest absolute Gasteiger partial charge is 0.408 e. The Balaban J connectivity index is 2.47. The molecule has 10 heteroatoms. The average molecular weight is 534 g/mol. The van der Waals surface area contributed by atoms with Gasteiger partial charge in [-0.2, -0.15) is 12.6 Å². The Morgan fingerprint density at radius 2 is 1.83 bits per heavy atom. The first-order valence-electron chi connectivity index (χ1n) is 11.2. The molecule has 3 amide bonds. The van der Waals surface area contributed by atoms with E-state index in [1.165, 1.54) is 23.1 Å². The molecule has 2 atom stereocenters. The van der Waals surface area contributed by atoms with Crippen LogP contribution in [0.25, 0.3) is 0 Å². The number of nitrogens with one attached hydrogen (secondary N) is 2. The van der Waals surface area contributed by atoms with Gasteiger partial charge in [0.25, 0.3) is 5.91 Å². The van der Waals surface area contributed by atoms with E-state index in [0.717, 1.165) is 5.56 Å². The van der Waals surface area contributed by atoms with Crippen LogP contribution in [0, 0.1) is 6.92 Å². The molecule has 2 aromatic carbocycles. The van der Waals surface area contributed by atoms with Crippen LogP contribution >= 0.6 is 24.2 Å². The number of phenols is 1. The van der Waals surface area contributed by atoms with Crippen LogP contribution in [0.4, 0.5) is 10.5 Å². The van der Waals surface area contributed by atoms with Crippen molar-refractivity contribution in [2.45, 2.75) is 45.4 Å². The van der Waals surface area contributed by atoms with Gasteiger partial charge < -0.3 is 25.4 Å². The molecule has 2 unspecified atom stereocenters. The summed E-state index contributed by atoms with van der Waals surface area (Å²) in [6, 6.07) is 8.90. The largest absolute Gasteiger partial charge is 0.508 e. The Morgan fingerprint density at radius 1 is 1.19 bits per heavy atom. The van der Waals surface area contributed by atoms with Crippen molar-refractivity contribution < 1.29 is 24.2 Å². The highest BCUT2D eigenvalue weighted by molar-refractivity contribution is 7.80. The molecule has 0 aliphatic heterocycles. The van der Waals surface area contributed by atoms with E-state index in [-0.39, 0.29) is 18.0 Å². The van der Waals surface area contributed by atoms with Crippen molar-refractivity contribution >= 4 is 47.8 Å². The first-order valence-corrected chi connectivity index (χ1v) is 12.3. The van der Waals surface area contributed by atoms with Crippen LogP contribution < -0.4 is 10.6 Å². The summed E-state index contributed by atoms with van der Waals surface area (Å²) < 4.78 is 5.27. The first kappa shape index (κ1) is 29.1. The number of carbonyl (C=O) groups is 3. The van der Waals surface area contributed by atoms with Gasteiger partial charge in [0.2, 0.25) is 5.91 Å². The summed E-state index contributed by atoms with van der Waals surface area (Å²) in [4.78, 5) is 40.9. The summed E-state index contributed by atoms with van der Waals surface area (Å²) in [5.74, 6) is -1.15. The molecule has 2 rings (SSSR count). The predicted molar refractivity (Wildman–Crippen MR) is 145 cm³/mol. The number of halogens is 1. The average Bonchev–Trinajstić information content (AvgIpc) is 2.79. The number of phenolic OH excluding ortho intramolecular Hbond substituents is 1. The highest BCUT2D eigenvalue weighted by Gasteiger charge is 2.35. The summed E-state index contributed by atoms with van der Waals surface area (Å²) in [7, 11) is 0. The normalized spacial score (nSPS) is 12.7. The Morgan fingerprint density at radius 3 is 2.36 bits per heavy atom. The lowest BCUT2D eigenvalue weighted by atomic mass is 10.0. The summed E-state index contributed by atoms with van der Waals surface area (Å²) in [5.41, 5.74) is 0.815. The maximum atomic E-state index is 13.7. The number of amides is 3. The number of anilines is 1. The molecule has 3 N–H and O–H groups in total. The van der Waals surface area contributed by atoms with Crippen molar-refractivity contribution in [1.29, 1.82) is 0 Å². The van der Waals surface area contributed by atoms with Gasteiger partial charge in [-0.1, -0.05) is 41.9 Å². The van der Waals surface area contributed by atoms with Crippen LogP contribution in [0.3, 0.4) is 0 Å². The fourth-order valence-corrected chi connectivity index (χ4v) is 3.92. The Hall–Kier alpha value is -3.17. The van der Waals surface area contributed by atoms with E-state index in [9.17, 15) is 19.5 Å². The number of ether oxygens (including phenoxy) is 1. The van der Waals surface area contributed by atoms with Crippen LogP contribution in [0.2, 0.25) is 5.02 Å². The molecule has 0 aliphatic carbocycles. The predicted octanol–water partition coefficient (Wildman–Crippen LogP) is 4.87. The number of alkyl carbamates (subject to hydrolysis) is 1. The molecule has 0 spiro atoms. The fraction of sp³-hybridized carbons (Fsp3) is 0.346. The summed E-state index contributed by atoms with van der Waals surface area (Å²) in [6.07, 6.45) is 0.688. The second kappa shape index (κ2) is 12.7. The van der Waals surface area contributed by atoms with E-state index in [0.29, 0.717) is 16.3 Å². The SMILES string of the molecule is C=CCN(C(=O)C(CS)NC(=O)OC(C)(C)C)C(C(=O)Nc1c(C)cccc1Cl)c1ccc(O)cc1. The monoisotopic (exact) mass is 533 g/mol. The molecule has 0 fully saturated rings. The van der Waals surface area contributed by atoms with Gasteiger partial charge in [0.15, 0.2) is 0 Å². The number of nitrogens with zero attached hydrogens (tertiary/aromatic N) is 1. The maximum absolute atomic E-state index is 13.7. The van der Waals surface area contributed by atoms with Crippen molar-refractivity contribution in [3.8, 4) is 5.75 Å². The zero-order chi connectivity index (χ0) is 27.0. The van der Waals surface area contributed by atoms with Gasteiger partial charge in [0, 0.05) is 12.3 Å². The number of hydrogen-bond donors (Lipinski definition) is 4. The zero-order valence-electron chi connectivity index (χ0n) is 20.7. The molecule has 0 aliphatic rings. The van der Waals surface area contributed by atoms with E-state index in [1.54, 1.807) is 58.0 Å². The van der Waals surface area contributed by atoms with Crippen LogP contribution in [0.5, 0.6) is 5.75 Å². The number of hydrogen-bond acceptors (Lipinski definition) is 6. The molecule has 0 heterocycles. The van der Waals surface area contributed by atoms with E-state index in [1.807, 2.05) is 0 Å². The quantitative estimate of drug-likeness (QED) is 0.272. The third kappa shape index (κ3) is 7.93. The van der Waals surface area contributed by atoms with Crippen molar-refractivity contribution in [2.75, 3.05) is 17.6 Å². The van der Waals surface area contributed by atoms with E-state index in [4.69, 9.17) is 16.3 Å². The van der Waals surface area contributed by atoms with Gasteiger partial charge in [-0.05, 0) is 57.0 Å². The number of para-hydroxylation sites is 1. The zero-order valence-corrected chi connectivity index (χ0v) is 22.4. The molecular weight excluding hydrogens is 502 g/mol. The van der Waals surface area contributed by atoms with Crippen molar-refractivity contribution in [2.24, 2.45) is 0 Å². The maximum Gasteiger partial charge on any atom is 0.408 e. The van der Waals surface area contributed by atoms with Gasteiger partial charge in [0.1, 0.15) is 23.4 Å². The Labute approximate surface area is 222 Å². The highest BCUT2D eigenvalue weighted by atomic mass is 35.5. The number of rotatable bonds is 9. The number of aromatic hydroxyl groups is 1. The van der Waals surface area contributed by atoms with Gasteiger partial charge in [0.05, 0.1) is 10.7 Å².